The van der Waals surface area contributed by atoms with E-state index in [2.05, 4.69) is 5.32 Å². The van der Waals surface area contributed by atoms with E-state index in [0.717, 1.165) is 16.9 Å². The summed E-state index contributed by atoms with van der Waals surface area (Å²) in [6.45, 7) is 5.87. The maximum Gasteiger partial charge on any atom is 0.262 e. The quantitative estimate of drug-likeness (QED) is 0.847. The summed E-state index contributed by atoms with van der Waals surface area (Å²) in [5.74, 6) is 0.517. The molecule has 0 unspecified atom stereocenters. The lowest BCUT2D eigenvalue weighted by molar-refractivity contribution is -0.118. The molecule has 1 amide bonds. The second-order valence-corrected chi connectivity index (χ2v) is 5.18. The summed E-state index contributed by atoms with van der Waals surface area (Å²) in [6.07, 6.45) is 0. The molecule has 0 fully saturated rings. The summed E-state index contributed by atoms with van der Waals surface area (Å²) in [4.78, 5) is 12.0. The van der Waals surface area contributed by atoms with Gasteiger partial charge in [-0.25, -0.2) is 0 Å². The molecule has 2 aromatic rings. The minimum Gasteiger partial charge on any atom is -0.483 e. The molecule has 0 radical (unpaired) electrons. The van der Waals surface area contributed by atoms with E-state index in [0.29, 0.717) is 11.4 Å². The number of amides is 1. The summed E-state index contributed by atoms with van der Waals surface area (Å²) < 4.78 is 5.55. The Balaban J connectivity index is 1.97. The zero-order chi connectivity index (χ0) is 15.4. The molecule has 0 aliphatic heterocycles. The molecule has 0 aliphatic carbocycles. The maximum absolute atomic E-state index is 12.0. The van der Waals surface area contributed by atoms with E-state index in [1.54, 1.807) is 12.1 Å². The van der Waals surface area contributed by atoms with Crippen LogP contribution in [0.5, 0.6) is 5.75 Å². The molecule has 2 aromatic carbocycles. The zero-order valence-electron chi connectivity index (χ0n) is 12.6. The molecular weight excluding hydrogens is 264 g/mol. The molecule has 0 atom stereocenters. The van der Waals surface area contributed by atoms with Crippen molar-refractivity contribution in [3.8, 4) is 5.75 Å². The van der Waals surface area contributed by atoms with Crippen LogP contribution in [0.1, 0.15) is 16.7 Å². The summed E-state index contributed by atoms with van der Waals surface area (Å²) in [6, 6.07) is 11.3. The molecule has 110 valence electrons. The minimum absolute atomic E-state index is 0.0296. The standard InChI is InChI=1S/C17H20N2O2/c1-11-4-7-16(13(3)8-11)21-10-17(20)19-15-9-14(18)6-5-12(15)2/h4-9H,10,18H2,1-3H3,(H,19,20). The Labute approximate surface area is 124 Å². The summed E-state index contributed by atoms with van der Waals surface area (Å²) in [5, 5.41) is 2.81. The second kappa shape index (κ2) is 6.31. The molecule has 0 saturated carbocycles. The van der Waals surface area contributed by atoms with Crippen LogP contribution in [-0.2, 0) is 4.79 Å². The molecule has 4 nitrogen and oxygen atoms in total. The van der Waals surface area contributed by atoms with Crippen LogP contribution in [0.2, 0.25) is 0 Å². The van der Waals surface area contributed by atoms with Crippen LogP contribution >= 0.6 is 0 Å². The van der Waals surface area contributed by atoms with Gasteiger partial charge < -0.3 is 15.8 Å². The number of aryl methyl sites for hydroxylation is 3. The first-order valence-corrected chi connectivity index (χ1v) is 6.82. The first-order chi connectivity index (χ1) is 9.95. The molecule has 3 N–H and O–H groups in total. The van der Waals surface area contributed by atoms with E-state index >= 15 is 0 Å². The normalized spacial score (nSPS) is 10.2. The lowest BCUT2D eigenvalue weighted by Crippen LogP contribution is -2.21. The highest BCUT2D eigenvalue weighted by molar-refractivity contribution is 5.93. The summed E-state index contributed by atoms with van der Waals surface area (Å²) in [5.41, 5.74) is 10.2. The summed E-state index contributed by atoms with van der Waals surface area (Å²) in [7, 11) is 0. The van der Waals surface area contributed by atoms with E-state index in [9.17, 15) is 4.79 Å². The number of nitrogens with two attached hydrogens (primary N) is 1. The van der Waals surface area contributed by atoms with Crippen molar-refractivity contribution in [2.75, 3.05) is 17.7 Å². The number of nitrogens with one attached hydrogen (secondary N) is 1. The Hall–Kier alpha value is -2.49. The number of carbonyl (C=O) groups excluding carboxylic acids is 1. The average molecular weight is 284 g/mol. The second-order valence-electron chi connectivity index (χ2n) is 5.18. The van der Waals surface area contributed by atoms with Gasteiger partial charge in [-0.05, 0) is 50.1 Å². The largest absolute Gasteiger partial charge is 0.483 e. The first-order valence-electron chi connectivity index (χ1n) is 6.82. The molecule has 0 bridgehead atoms. The number of hydrogen-bond donors (Lipinski definition) is 2. The van der Waals surface area contributed by atoms with Crippen molar-refractivity contribution in [2.45, 2.75) is 20.8 Å². The molecule has 4 heteroatoms. The molecule has 0 saturated heterocycles. The third-order valence-electron chi connectivity index (χ3n) is 3.22. The Morgan fingerprint density at radius 3 is 2.57 bits per heavy atom. The van der Waals surface area contributed by atoms with E-state index < -0.39 is 0 Å². The smallest absolute Gasteiger partial charge is 0.262 e. The lowest BCUT2D eigenvalue weighted by atomic mass is 10.1. The van der Waals surface area contributed by atoms with E-state index in [-0.39, 0.29) is 12.5 Å². The van der Waals surface area contributed by atoms with Gasteiger partial charge in [0.15, 0.2) is 6.61 Å². The van der Waals surface area contributed by atoms with Crippen molar-refractivity contribution in [3.05, 3.63) is 53.1 Å². The van der Waals surface area contributed by atoms with Gasteiger partial charge in [0.2, 0.25) is 0 Å². The number of rotatable bonds is 4. The number of ether oxygens (including phenoxy) is 1. The number of hydrogen-bond acceptors (Lipinski definition) is 3. The first kappa shape index (κ1) is 14.9. The van der Waals surface area contributed by atoms with Crippen LogP contribution in [0.15, 0.2) is 36.4 Å². The predicted octanol–water partition coefficient (Wildman–Crippen LogP) is 3.21. The van der Waals surface area contributed by atoms with Gasteiger partial charge in [-0.3, -0.25) is 4.79 Å². The van der Waals surface area contributed by atoms with Gasteiger partial charge in [0.25, 0.3) is 5.91 Å². The Kier molecular flexibility index (Phi) is 4.48. The zero-order valence-corrected chi connectivity index (χ0v) is 12.6. The topological polar surface area (TPSA) is 64.3 Å². The Morgan fingerprint density at radius 2 is 1.86 bits per heavy atom. The predicted molar refractivity (Wildman–Crippen MR) is 85.6 cm³/mol. The highest BCUT2D eigenvalue weighted by Gasteiger charge is 2.07. The van der Waals surface area contributed by atoms with Crippen molar-refractivity contribution < 1.29 is 9.53 Å². The van der Waals surface area contributed by atoms with Gasteiger partial charge >= 0.3 is 0 Å². The Morgan fingerprint density at radius 1 is 1.10 bits per heavy atom. The molecule has 0 aromatic heterocycles. The van der Waals surface area contributed by atoms with Crippen LogP contribution in [0.4, 0.5) is 11.4 Å². The third kappa shape index (κ3) is 3.99. The van der Waals surface area contributed by atoms with Crippen LogP contribution in [0.25, 0.3) is 0 Å². The van der Waals surface area contributed by atoms with Crippen LogP contribution in [0, 0.1) is 20.8 Å². The fourth-order valence-corrected chi connectivity index (χ4v) is 2.07. The monoisotopic (exact) mass is 284 g/mol. The van der Waals surface area contributed by atoms with Gasteiger partial charge in [0.05, 0.1) is 0 Å². The van der Waals surface area contributed by atoms with Crippen molar-refractivity contribution in [2.24, 2.45) is 0 Å². The molecule has 0 heterocycles. The highest BCUT2D eigenvalue weighted by Crippen LogP contribution is 2.20. The molecule has 21 heavy (non-hydrogen) atoms. The molecule has 0 spiro atoms. The van der Waals surface area contributed by atoms with Crippen molar-refractivity contribution in [1.82, 2.24) is 0 Å². The fourth-order valence-electron chi connectivity index (χ4n) is 2.07. The number of anilines is 2. The van der Waals surface area contributed by atoms with Crippen molar-refractivity contribution in [1.29, 1.82) is 0 Å². The lowest BCUT2D eigenvalue weighted by Gasteiger charge is -2.12. The van der Waals surface area contributed by atoms with Crippen molar-refractivity contribution >= 4 is 17.3 Å². The molecular formula is C17H20N2O2. The minimum atomic E-state index is -0.205. The van der Waals surface area contributed by atoms with E-state index in [1.165, 1.54) is 5.56 Å². The fraction of sp³-hybridized carbons (Fsp3) is 0.235. The van der Waals surface area contributed by atoms with Gasteiger partial charge in [0, 0.05) is 11.4 Å². The van der Waals surface area contributed by atoms with E-state index in [1.807, 2.05) is 45.0 Å². The maximum atomic E-state index is 12.0. The highest BCUT2D eigenvalue weighted by atomic mass is 16.5. The van der Waals surface area contributed by atoms with Crippen LogP contribution < -0.4 is 15.8 Å². The average Bonchev–Trinajstić information content (AvgIpc) is 2.42. The Bertz CT molecular complexity index is 666. The van der Waals surface area contributed by atoms with Gasteiger partial charge in [-0.15, -0.1) is 0 Å². The van der Waals surface area contributed by atoms with Gasteiger partial charge in [0.1, 0.15) is 5.75 Å². The van der Waals surface area contributed by atoms with Crippen LogP contribution in [-0.4, -0.2) is 12.5 Å². The molecule has 2 rings (SSSR count). The number of carbonyl (C=O) groups is 1. The summed E-state index contributed by atoms with van der Waals surface area (Å²) >= 11 is 0. The number of benzene rings is 2. The molecule has 0 aliphatic rings. The van der Waals surface area contributed by atoms with Crippen LogP contribution in [0.3, 0.4) is 0 Å². The van der Waals surface area contributed by atoms with E-state index in [4.69, 9.17) is 10.5 Å². The SMILES string of the molecule is Cc1ccc(OCC(=O)Nc2cc(N)ccc2C)c(C)c1. The third-order valence-corrected chi connectivity index (χ3v) is 3.22. The van der Waals surface area contributed by atoms with Crippen molar-refractivity contribution in [3.63, 3.8) is 0 Å². The van der Waals surface area contributed by atoms with Gasteiger partial charge in [-0.1, -0.05) is 23.8 Å². The number of nitrogen functional groups attached to an aromatic ring is 1. The van der Waals surface area contributed by atoms with Gasteiger partial charge in [-0.2, -0.15) is 0 Å².